The first-order valence-electron chi connectivity index (χ1n) is 3.63. The molecule has 0 N–H and O–H groups in total. The molecule has 0 fully saturated rings. The summed E-state index contributed by atoms with van der Waals surface area (Å²) in [5.41, 5.74) is 1.05. The summed E-state index contributed by atoms with van der Waals surface area (Å²) in [5.74, 6) is 0. The van der Waals surface area contributed by atoms with Crippen LogP contribution in [0.15, 0.2) is 28.9 Å². The highest BCUT2D eigenvalue weighted by molar-refractivity contribution is 5.55. The SMILES string of the molecule is CC=N/C(C)=C\C=C/CC. The Morgan fingerprint density at radius 2 is 2.20 bits per heavy atom. The van der Waals surface area contributed by atoms with Crippen LogP contribution in [-0.4, -0.2) is 6.21 Å². The summed E-state index contributed by atoms with van der Waals surface area (Å²) < 4.78 is 0. The van der Waals surface area contributed by atoms with E-state index < -0.39 is 0 Å². The fourth-order valence-corrected chi connectivity index (χ4v) is 0.590. The molecule has 0 aliphatic heterocycles. The van der Waals surface area contributed by atoms with Crippen molar-refractivity contribution in [1.29, 1.82) is 0 Å². The van der Waals surface area contributed by atoms with Crippen LogP contribution in [0.4, 0.5) is 0 Å². The molecule has 0 spiro atoms. The van der Waals surface area contributed by atoms with Crippen LogP contribution in [0.1, 0.15) is 27.2 Å². The maximum Gasteiger partial charge on any atom is 0.0368 e. The summed E-state index contributed by atoms with van der Waals surface area (Å²) >= 11 is 0. The van der Waals surface area contributed by atoms with E-state index in [1.807, 2.05) is 26.0 Å². The Kier molecular flexibility index (Phi) is 5.74. The highest BCUT2D eigenvalue weighted by Gasteiger charge is 1.74. The van der Waals surface area contributed by atoms with Crippen LogP contribution < -0.4 is 0 Å². The first kappa shape index (κ1) is 9.15. The Balaban J connectivity index is 3.79. The Labute approximate surface area is 63.2 Å². The molecule has 0 aliphatic rings. The molecule has 1 nitrogen and oxygen atoms in total. The maximum atomic E-state index is 4.08. The highest BCUT2D eigenvalue weighted by atomic mass is 14.7. The van der Waals surface area contributed by atoms with Crippen molar-refractivity contribution in [2.45, 2.75) is 27.2 Å². The van der Waals surface area contributed by atoms with Crippen LogP contribution in [0.3, 0.4) is 0 Å². The number of aliphatic imine (C=N–C) groups is 1. The molecule has 0 aromatic heterocycles. The maximum absolute atomic E-state index is 4.08. The molecule has 0 saturated heterocycles. The third kappa shape index (κ3) is 5.29. The van der Waals surface area contributed by atoms with Gasteiger partial charge in [-0.1, -0.05) is 19.1 Å². The minimum Gasteiger partial charge on any atom is -0.266 e. The smallest absolute Gasteiger partial charge is 0.0368 e. The molecule has 0 aromatic rings. The lowest BCUT2D eigenvalue weighted by Gasteiger charge is -1.84. The van der Waals surface area contributed by atoms with Crippen molar-refractivity contribution in [1.82, 2.24) is 0 Å². The normalized spacial score (nSPS) is 13.7. The van der Waals surface area contributed by atoms with Gasteiger partial charge in [0.05, 0.1) is 0 Å². The van der Waals surface area contributed by atoms with Gasteiger partial charge in [-0.3, -0.25) is 4.99 Å². The molecule has 0 heterocycles. The molecule has 0 bridgehead atoms. The van der Waals surface area contributed by atoms with Crippen molar-refractivity contribution < 1.29 is 0 Å². The van der Waals surface area contributed by atoms with Gasteiger partial charge in [0, 0.05) is 11.9 Å². The predicted molar refractivity (Wildman–Crippen MR) is 47.4 cm³/mol. The summed E-state index contributed by atoms with van der Waals surface area (Å²) in [4.78, 5) is 4.08. The van der Waals surface area contributed by atoms with E-state index in [2.05, 4.69) is 18.0 Å². The van der Waals surface area contributed by atoms with Gasteiger partial charge in [0.1, 0.15) is 0 Å². The molecule has 0 amide bonds. The van der Waals surface area contributed by atoms with Crippen LogP contribution in [0.2, 0.25) is 0 Å². The van der Waals surface area contributed by atoms with Crippen LogP contribution in [0.5, 0.6) is 0 Å². The predicted octanol–water partition coefficient (Wildman–Crippen LogP) is 2.95. The summed E-state index contributed by atoms with van der Waals surface area (Å²) in [7, 11) is 0. The zero-order valence-corrected chi connectivity index (χ0v) is 6.96. The van der Waals surface area contributed by atoms with E-state index in [4.69, 9.17) is 0 Å². The molecule has 10 heavy (non-hydrogen) atoms. The van der Waals surface area contributed by atoms with Crippen molar-refractivity contribution in [2.24, 2.45) is 4.99 Å². The third-order valence-corrected chi connectivity index (χ3v) is 1.04. The van der Waals surface area contributed by atoms with E-state index in [-0.39, 0.29) is 0 Å². The Bertz CT molecular complexity index is 152. The Morgan fingerprint density at radius 1 is 1.50 bits per heavy atom. The van der Waals surface area contributed by atoms with Crippen molar-refractivity contribution in [2.75, 3.05) is 0 Å². The molecule has 0 saturated carbocycles. The fourth-order valence-electron chi connectivity index (χ4n) is 0.590. The topological polar surface area (TPSA) is 12.4 Å². The monoisotopic (exact) mass is 137 g/mol. The number of hydrogen-bond acceptors (Lipinski definition) is 1. The molecule has 0 atom stereocenters. The van der Waals surface area contributed by atoms with Crippen molar-refractivity contribution in [3.8, 4) is 0 Å². The average molecular weight is 137 g/mol. The van der Waals surface area contributed by atoms with Crippen molar-refractivity contribution in [3.05, 3.63) is 23.9 Å². The van der Waals surface area contributed by atoms with Gasteiger partial charge in [0.15, 0.2) is 0 Å². The van der Waals surface area contributed by atoms with Crippen molar-refractivity contribution in [3.63, 3.8) is 0 Å². The molecule has 0 radical (unpaired) electrons. The summed E-state index contributed by atoms with van der Waals surface area (Å²) in [6.45, 7) is 6.02. The largest absolute Gasteiger partial charge is 0.266 e. The van der Waals surface area contributed by atoms with Crippen molar-refractivity contribution >= 4 is 6.21 Å². The van der Waals surface area contributed by atoms with Gasteiger partial charge < -0.3 is 0 Å². The number of nitrogens with zero attached hydrogens (tertiary/aromatic N) is 1. The number of hydrogen-bond donors (Lipinski definition) is 0. The van der Waals surface area contributed by atoms with Gasteiger partial charge in [-0.15, -0.1) is 0 Å². The van der Waals surface area contributed by atoms with Gasteiger partial charge >= 0.3 is 0 Å². The second-order valence-corrected chi connectivity index (χ2v) is 2.03. The Hall–Kier alpha value is -0.850. The lowest BCUT2D eigenvalue weighted by atomic mass is 10.3. The molecule has 0 aliphatic carbocycles. The van der Waals surface area contributed by atoms with Gasteiger partial charge in [-0.2, -0.15) is 0 Å². The summed E-state index contributed by atoms with van der Waals surface area (Å²) in [6, 6.07) is 0. The number of rotatable bonds is 3. The van der Waals surface area contributed by atoms with Crippen LogP contribution >= 0.6 is 0 Å². The van der Waals surface area contributed by atoms with Crippen LogP contribution in [-0.2, 0) is 0 Å². The molecule has 1 heteroatoms. The van der Waals surface area contributed by atoms with Gasteiger partial charge in [0.25, 0.3) is 0 Å². The lowest BCUT2D eigenvalue weighted by Crippen LogP contribution is -1.66. The van der Waals surface area contributed by atoms with Gasteiger partial charge in [-0.05, 0) is 26.3 Å². The second-order valence-electron chi connectivity index (χ2n) is 2.03. The van der Waals surface area contributed by atoms with E-state index in [9.17, 15) is 0 Å². The summed E-state index contributed by atoms with van der Waals surface area (Å²) in [6.07, 6.45) is 9.02. The van der Waals surface area contributed by atoms with Crippen LogP contribution in [0, 0.1) is 0 Å². The molecule has 56 valence electrons. The van der Waals surface area contributed by atoms with E-state index in [1.54, 1.807) is 6.21 Å². The Morgan fingerprint density at radius 3 is 2.70 bits per heavy atom. The fraction of sp³-hybridized carbons (Fsp3) is 0.444. The third-order valence-electron chi connectivity index (χ3n) is 1.04. The van der Waals surface area contributed by atoms with Crippen LogP contribution in [0.25, 0.3) is 0 Å². The van der Waals surface area contributed by atoms with Gasteiger partial charge in [0.2, 0.25) is 0 Å². The zero-order valence-electron chi connectivity index (χ0n) is 6.96. The average Bonchev–Trinajstić information content (AvgIpc) is 1.89. The molecular formula is C9H15N. The highest BCUT2D eigenvalue weighted by Crippen LogP contribution is 1.93. The minimum atomic E-state index is 1.05. The standard InChI is InChI=1S/C9H15N/c1-4-6-7-8-9(3)10-5-2/h5-8H,4H2,1-3H3/b7-6-,9-8-,10-5?. The molecule has 0 unspecified atom stereocenters. The first-order valence-corrected chi connectivity index (χ1v) is 3.63. The quantitative estimate of drug-likeness (QED) is 0.419. The summed E-state index contributed by atoms with van der Waals surface area (Å²) in [5, 5.41) is 0. The minimum absolute atomic E-state index is 1.05. The van der Waals surface area contributed by atoms with E-state index in [1.165, 1.54) is 0 Å². The second kappa shape index (κ2) is 6.27. The van der Waals surface area contributed by atoms with E-state index >= 15 is 0 Å². The zero-order chi connectivity index (χ0) is 7.82. The molecular weight excluding hydrogens is 122 g/mol. The first-order chi connectivity index (χ1) is 4.81. The molecule has 0 rings (SSSR count). The van der Waals surface area contributed by atoms with E-state index in [0.717, 1.165) is 12.1 Å². The van der Waals surface area contributed by atoms with E-state index in [0.29, 0.717) is 0 Å². The lowest BCUT2D eigenvalue weighted by molar-refractivity contribution is 1.22. The van der Waals surface area contributed by atoms with Gasteiger partial charge in [-0.25, -0.2) is 0 Å². The molecule has 0 aromatic carbocycles. The number of allylic oxidation sites excluding steroid dienone is 4.